The summed E-state index contributed by atoms with van der Waals surface area (Å²) in [7, 11) is 2.03. The van der Waals surface area contributed by atoms with Gasteiger partial charge < -0.3 is 4.90 Å². The smallest absolute Gasteiger partial charge is 0.147 e. The number of anilines is 1. The maximum Gasteiger partial charge on any atom is 0.147 e. The van der Waals surface area contributed by atoms with Crippen molar-refractivity contribution >= 4 is 17.4 Å². The normalized spacial score (nSPS) is 11.5. The van der Waals surface area contributed by atoms with Crippen LogP contribution in [0.1, 0.15) is 32.9 Å². The van der Waals surface area contributed by atoms with Crippen molar-refractivity contribution in [3.05, 3.63) is 18.1 Å². The molecule has 0 fully saturated rings. The van der Waals surface area contributed by atoms with Gasteiger partial charge >= 0.3 is 0 Å². The molecular weight excluding hydrogens is 210 g/mol. The van der Waals surface area contributed by atoms with Gasteiger partial charge in [0, 0.05) is 18.8 Å². The molecule has 0 aliphatic rings. The van der Waals surface area contributed by atoms with Crippen LogP contribution in [0.2, 0.25) is 0 Å². The summed E-state index contributed by atoms with van der Waals surface area (Å²) in [5.41, 5.74) is 0.896. The first-order chi connectivity index (χ1) is 7.01. The number of hydrogen-bond donors (Lipinski definition) is 0. The topological polar surface area (TPSA) is 29.0 Å². The van der Waals surface area contributed by atoms with Crippen molar-refractivity contribution in [1.82, 2.24) is 9.97 Å². The van der Waals surface area contributed by atoms with Gasteiger partial charge in [0.05, 0.1) is 17.8 Å². The average molecular weight is 228 g/mol. The van der Waals surface area contributed by atoms with Gasteiger partial charge in [0.2, 0.25) is 0 Å². The first-order valence-electron chi connectivity index (χ1n) is 5.12. The van der Waals surface area contributed by atoms with Gasteiger partial charge in [-0.25, -0.2) is 4.98 Å². The molecule has 84 valence electrons. The van der Waals surface area contributed by atoms with Crippen molar-refractivity contribution in [2.45, 2.75) is 38.6 Å². The lowest BCUT2D eigenvalue weighted by atomic mass is 10.0. The molecule has 0 radical (unpaired) electrons. The molecule has 0 amide bonds. The molecule has 0 atom stereocenters. The summed E-state index contributed by atoms with van der Waals surface area (Å²) in [4.78, 5) is 10.7. The number of rotatable bonds is 4. The molecule has 0 aliphatic heterocycles. The van der Waals surface area contributed by atoms with Crippen LogP contribution in [0.3, 0.4) is 0 Å². The van der Waals surface area contributed by atoms with E-state index in [1.165, 1.54) is 0 Å². The van der Waals surface area contributed by atoms with E-state index < -0.39 is 0 Å². The molecule has 1 heterocycles. The summed E-state index contributed by atoms with van der Waals surface area (Å²) in [6.07, 6.45) is 4.52. The van der Waals surface area contributed by atoms with E-state index in [0.717, 1.165) is 17.9 Å². The van der Waals surface area contributed by atoms with Gasteiger partial charge in [-0.15, -0.1) is 11.6 Å². The molecule has 1 aromatic rings. The Kier molecular flexibility index (Phi) is 3.91. The molecule has 1 aromatic heterocycles. The van der Waals surface area contributed by atoms with Gasteiger partial charge in [0.25, 0.3) is 0 Å². The first-order valence-corrected chi connectivity index (χ1v) is 5.65. The van der Waals surface area contributed by atoms with E-state index in [1.807, 2.05) is 7.05 Å². The second-order valence-corrected chi connectivity index (χ2v) is 4.49. The van der Waals surface area contributed by atoms with E-state index in [-0.39, 0.29) is 5.54 Å². The zero-order valence-corrected chi connectivity index (χ0v) is 10.5. The van der Waals surface area contributed by atoms with E-state index in [2.05, 4.69) is 35.6 Å². The fourth-order valence-electron chi connectivity index (χ4n) is 1.17. The Morgan fingerprint density at radius 1 is 1.40 bits per heavy atom. The monoisotopic (exact) mass is 227 g/mol. The second-order valence-electron chi connectivity index (χ2n) is 4.23. The molecule has 4 heteroatoms. The Labute approximate surface area is 96.5 Å². The third kappa shape index (κ3) is 2.81. The number of halogens is 1. The highest BCUT2D eigenvalue weighted by atomic mass is 35.5. The fourth-order valence-corrected chi connectivity index (χ4v) is 1.30. The summed E-state index contributed by atoms with van der Waals surface area (Å²) in [5, 5.41) is 0. The van der Waals surface area contributed by atoms with Crippen LogP contribution in [0.5, 0.6) is 0 Å². The molecular formula is C11H18ClN3. The van der Waals surface area contributed by atoms with Gasteiger partial charge in [0.1, 0.15) is 5.82 Å². The molecule has 1 rings (SSSR count). The lowest BCUT2D eigenvalue weighted by molar-refractivity contribution is 0.466. The Morgan fingerprint density at radius 2 is 2.07 bits per heavy atom. The van der Waals surface area contributed by atoms with Gasteiger partial charge in [-0.3, -0.25) is 4.98 Å². The summed E-state index contributed by atoms with van der Waals surface area (Å²) in [6.45, 7) is 6.53. The van der Waals surface area contributed by atoms with Gasteiger partial charge in [-0.1, -0.05) is 6.92 Å². The van der Waals surface area contributed by atoms with Gasteiger partial charge in [-0.05, 0) is 20.3 Å². The summed E-state index contributed by atoms with van der Waals surface area (Å²) in [6, 6.07) is 0. The Morgan fingerprint density at radius 3 is 2.60 bits per heavy atom. The highest BCUT2D eigenvalue weighted by molar-refractivity contribution is 6.16. The third-order valence-corrected chi connectivity index (χ3v) is 3.20. The zero-order valence-electron chi connectivity index (χ0n) is 9.79. The van der Waals surface area contributed by atoms with E-state index in [1.54, 1.807) is 12.4 Å². The number of aromatic nitrogens is 2. The highest BCUT2D eigenvalue weighted by Gasteiger charge is 2.22. The minimum Gasteiger partial charge on any atom is -0.353 e. The molecule has 3 nitrogen and oxygen atoms in total. The maximum absolute atomic E-state index is 5.73. The van der Waals surface area contributed by atoms with Crippen molar-refractivity contribution < 1.29 is 0 Å². The van der Waals surface area contributed by atoms with Crippen LogP contribution in [0.4, 0.5) is 5.82 Å². The highest BCUT2D eigenvalue weighted by Crippen LogP contribution is 2.22. The van der Waals surface area contributed by atoms with Crippen molar-refractivity contribution in [2.24, 2.45) is 0 Å². The van der Waals surface area contributed by atoms with Crippen molar-refractivity contribution in [2.75, 3.05) is 11.9 Å². The number of nitrogens with zero attached hydrogens (tertiary/aromatic N) is 3. The SMILES string of the molecule is CCC(C)(C)N(C)c1cncc(CCl)n1. The van der Waals surface area contributed by atoms with E-state index in [0.29, 0.717) is 5.88 Å². The van der Waals surface area contributed by atoms with E-state index in [9.17, 15) is 0 Å². The Hall–Kier alpha value is -0.830. The van der Waals surface area contributed by atoms with Crippen LogP contribution < -0.4 is 4.90 Å². The van der Waals surface area contributed by atoms with Crippen molar-refractivity contribution in [3.8, 4) is 0 Å². The minimum absolute atomic E-state index is 0.0830. The second kappa shape index (κ2) is 4.79. The Bertz CT molecular complexity index is 325. The lowest BCUT2D eigenvalue weighted by Crippen LogP contribution is -2.41. The van der Waals surface area contributed by atoms with Crippen LogP contribution in [0, 0.1) is 0 Å². The minimum atomic E-state index is 0.0830. The van der Waals surface area contributed by atoms with Gasteiger partial charge in [-0.2, -0.15) is 0 Å². The van der Waals surface area contributed by atoms with Gasteiger partial charge in [0.15, 0.2) is 0 Å². The molecule has 0 aromatic carbocycles. The maximum atomic E-state index is 5.73. The average Bonchev–Trinajstić information content (AvgIpc) is 2.28. The van der Waals surface area contributed by atoms with Crippen LogP contribution in [0.15, 0.2) is 12.4 Å². The quantitative estimate of drug-likeness (QED) is 0.741. The third-order valence-electron chi connectivity index (χ3n) is 2.93. The van der Waals surface area contributed by atoms with Crippen molar-refractivity contribution in [3.63, 3.8) is 0 Å². The largest absolute Gasteiger partial charge is 0.353 e. The predicted molar refractivity (Wildman–Crippen MR) is 64.4 cm³/mol. The molecule has 0 aliphatic carbocycles. The molecule has 0 saturated heterocycles. The van der Waals surface area contributed by atoms with Crippen LogP contribution in [-0.4, -0.2) is 22.6 Å². The standard InChI is InChI=1S/C11H18ClN3/c1-5-11(2,3)15(4)10-8-13-7-9(6-12)14-10/h7-8H,5-6H2,1-4H3. The molecule has 0 unspecified atom stereocenters. The fraction of sp³-hybridized carbons (Fsp3) is 0.636. The lowest BCUT2D eigenvalue weighted by Gasteiger charge is -2.35. The number of hydrogen-bond acceptors (Lipinski definition) is 3. The Balaban J connectivity index is 2.95. The molecule has 0 spiro atoms. The predicted octanol–water partition coefficient (Wildman–Crippen LogP) is 2.84. The molecule has 15 heavy (non-hydrogen) atoms. The summed E-state index contributed by atoms with van der Waals surface area (Å²) >= 11 is 5.73. The van der Waals surface area contributed by atoms with Crippen LogP contribution in [-0.2, 0) is 5.88 Å². The van der Waals surface area contributed by atoms with Crippen LogP contribution in [0.25, 0.3) is 0 Å². The first kappa shape index (κ1) is 12.2. The molecule has 0 N–H and O–H groups in total. The zero-order chi connectivity index (χ0) is 11.5. The molecule has 0 saturated carbocycles. The van der Waals surface area contributed by atoms with Crippen LogP contribution >= 0.6 is 11.6 Å². The van der Waals surface area contributed by atoms with E-state index >= 15 is 0 Å². The number of alkyl halides is 1. The summed E-state index contributed by atoms with van der Waals surface area (Å²) in [5.74, 6) is 1.28. The van der Waals surface area contributed by atoms with E-state index in [4.69, 9.17) is 11.6 Å². The molecule has 0 bridgehead atoms. The summed E-state index contributed by atoms with van der Waals surface area (Å²) < 4.78 is 0. The van der Waals surface area contributed by atoms with Crippen molar-refractivity contribution in [1.29, 1.82) is 0 Å².